The first-order chi connectivity index (χ1) is 15.0. The van der Waals surface area contributed by atoms with E-state index in [4.69, 9.17) is 0 Å². The van der Waals surface area contributed by atoms with Crippen LogP contribution in [-0.2, 0) is 6.42 Å². The molecule has 1 nitrogen and oxygen atoms in total. The minimum Gasteiger partial charge on any atom is -0.432 e. The van der Waals surface area contributed by atoms with Crippen molar-refractivity contribution in [3.8, 4) is 28.0 Å². The van der Waals surface area contributed by atoms with Gasteiger partial charge in [-0.15, -0.1) is 6.58 Å². The fraction of sp³-hybridized carbons (Fsp3) is 0.111. The monoisotopic (exact) mass is 418 g/mol. The molecule has 156 valence electrons. The molecule has 0 atom stereocenters. The van der Waals surface area contributed by atoms with Gasteiger partial charge in [0.25, 0.3) is 0 Å². The zero-order valence-corrected chi connectivity index (χ0v) is 16.8. The molecule has 0 unspecified atom stereocenters. The van der Waals surface area contributed by atoms with E-state index in [0.29, 0.717) is 5.56 Å². The maximum absolute atomic E-state index is 14.2. The fourth-order valence-corrected chi connectivity index (χ4v) is 3.71. The minimum atomic E-state index is -3.06. The first-order valence-electron chi connectivity index (χ1n) is 10.0. The zero-order chi connectivity index (χ0) is 21.8. The van der Waals surface area contributed by atoms with Crippen LogP contribution in [0.2, 0.25) is 0 Å². The molecule has 0 fully saturated rings. The number of hydrogen-bond acceptors (Lipinski definition) is 1. The van der Waals surface area contributed by atoms with Crippen LogP contribution in [0.25, 0.3) is 33.0 Å². The van der Waals surface area contributed by atoms with Crippen molar-refractivity contribution >= 4 is 10.8 Å². The van der Waals surface area contributed by atoms with Crippen LogP contribution in [0.1, 0.15) is 12.0 Å². The second kappa shape index (κ2) is 9.09. The molecule has 0 bridgehead atoms. The van der Waals surface area contributed by atoms with Crippen LogP contribution in [0.15, 0.2) is 91.5 Å². The van der Waals surface area contributed by atoms with E-state index in [9.17, 15) is 13.2 Å². The largest absolute Gasteiger partial charge is 0.432 e. The lowest BCUT2D eigenvalue weighted by atomic mass is 9.94. The quantitative estimate of drug-likeness (QED) is 0.276. The Morgan fingerprint density at radius 3 is 2.29 bits per heavy atom. The molecule has 31 heavy (non-hydrogen) atoms. The Balaban J connectivity index is 1.67. The summed E-state index contributed by atoms with van der Waals surface area (Å²) in [6.45, 7) is 0.699. The van der Waals surface area contributed by atoms with Gasteiger partial charge in [-0.05, 0) is 69.6 Å². The maximum Gasteiger partial charge on any atom is 0.387 e. The number of benzene rings is 4. The topological polar surface area (TPSA) is 9.23 Å². The lowest BCUT2D eigenvalue weighted by molar-refractivity contribution is -0.0521. The molecule has 0 saturated carbocycles. The van der Waals surface area contributed by atoms with E-state index < -0.39 is 18.2 Å². The smallest absolute Gasteiger partial charge is 0.387 e. The predicted molar refractivity (Wildman–Crippen MR) is 120 cm³/mol. The highest BCUT2D eigenvalue weighted by Gasteiger charge is 2.12. The number of halogens is 3. The van der Waals surface area contributed by atoms with Crippen molar-refractivity contribution < 1.29 is 17.9 Å². The van der Waals surface area contributed by atoms with Gasteiger partial charge in [-0.3, -0.25) is 0 Å². The van der Waals surface area contributed by atoms with Gasteiger partial charge in [0.2, 0.25) is 0 Å². The van der Waals surface area contributed by atoms with E-state index in [1.807, 2.05) is 36.4 Å². The van der Waals surface area contributed by atoms with Gasteiger partial charge in [0.15, 0.2) is 11.6 Å². The molecule has 4 aromatic rings. The van der Waals surface area contributed by atoms with E-state index in [2.05, 4.69) is 41.6 Å². The fourth-order valence-electron chi connectivity index (χ4n) is 3.71. The van der Waals surface area contributed by atoms with E-state index in [-0.39, 0.29) is 0 Å². The van der Waals surface area contributed by atoms with Crippen molar-refractivity contribution in [3.63, 3.8) is 0 Å². The van der Waals surface area contributed by atoms with Crippen LogP contribution in [0.3, 0.4) is 0 Å². The van der Waals surface area contributed by atoms with Crippen LogP contribution >= 0.6 is 0 Å². The van der Waals surface area contributed by atoms with Gasteiger partial charge in [0.05, 0.1) is 0 Å². The van der Waals surface area contributed by atoms with Gasteiger partial charge in [0.1, 0.15) is 0 Å². The van der Waals surface area contributed by atoms with Crippen molar-refractivity contribution in [3.05, 3.63) is 103 Å². The van der Waals surface area contributed by atoms with Crippen molar-refractivity contribution in [1.82, 2.24) is 0 Å². The first-order valence-corrected chi connectivity index (χ1v) is 10.0. The molecule has 0 N–H and O–H groups in total. The molecule has 4 aromatic carbocycles. The SMILES string of the molecule is C=CCCc1ccc(-c2ccc3c(-c4ccc(OC(F)F)c(F)c4)cccc3c2)cc1. The highest BCUT2D eigenvalue weighted by molar-refractivity contribution is 5.98. The summed E-state index contributed by atoms with van der Waals surface area (Å²) in [5, 5.41) is 1.97. The zero-order valence-electron chi connectivity index (χ0n) is 16.8. The van der Waals surface area contributed by atoms with E-state index in [1.54, 1.807) is 6.07 Å². The molecule has 0 aromatic heterocycles. The lowest BCUT2D eigenvalue weighted by Crippen LogP contribution is -2.03. The summed E-state index contributed by atoms with van der Waals surface area (Å²) in [4.78, 5) is 0. The summed E-state index contributed by atoms with van der Waals surface area (Å²) in [5.74, 6) is -1.28. The van der Waals surface area contributed by atoms with Crippen LogP contribution in [0, 0.1) is 5.82 Å². The Bertz CT molecular complexity index is 1210. The number of ether oxygens (including phenoxy) is 1. The Morgan fingerprint density at radius 2 is 1.58 bits per heavy atom. The molecular formula is C27H21F3O. The third-order valence-corrected chi connectivity index (χ3v) is 5.26. The molecule has 0 saturated heterocycles. The number of rotatable bonds is 7. The van der Waals surface area contributed by atoms with E-state index >= 15 is 0 Å². The number of fused-ring (bicyclic) bond motifs is 1. The predicted octanol–water partition coefficient (Wildman–Crippen LogP) is 8.03. The first kappa shape index (κ1) is 20.7. The summed E-state index contributed by atoms with van der Waals surface area (Å²) >= 11 is 0. The molecule has 0 spiro atoms. The van der Waals surface area contributed by atoms with Gasteiger partial charge >= 0.3 is 6.61 Å². The Morgan fingerprint density at radius 1 is 0.839 bits per heavy atom. The number of aryl methyl sites for hydroxylation is 1. The normalized spacial score (nSPS) is 11.1. The Hall–Kier alpha value is -3.53. The maximum atomic E-state index is 14.2. The van der Waals surface area contributed by atoms with Crippen molar-refractivity contribution in [2.45, 2.75) is 19.5 Å². The van der Waals surface area contributed by atoms with Crippen molar-refractivity contribution in [2.24, 2.45) is 0 Å². The molecule has 0 aliphatic heterocycles. The highest BCUT2D eigenvalue weighted by Crippen LogP contribution is 2.34. The van der Waals surface area contributed by atoms with Crippen LogP contribution in [-0.4, -0.2) is 6.61 Å². The third kappa shape index (κ3) is 4.64. The van der Waals surface area contributed by atoms with Gasteiger partial charge in [-0.25, -0.2) is 4.39 Å². The van der Waals surface area contributed by atoms with Crippen LogP contribution < -0.4 is 4.74 Å². The van der Waals surface area contributed by atoms with E-state index in [0.717, 1.165) is 40.3 Å². The van der Waals surface area contributed by atoms with Crippen LogP contribution in [0.5, 0.6) is 5.75 Å². The molecule has 0 heterocycles. The highest BCUT2D eigenvalue weighted by atomic mass is 19.3. The molecule has 0 amide bonds. The average molecular weight is 418 g/mol. The standard InChI is InChI=1S/C27H21F3O/c1-2-3-5-18-8-10-19(11-9-18)20-12-14-24-21(16-20)6-4-7-23(24)22-13-15-26(25(28)17-22)31-27(29)30/h2,4,6-17,27H,1,3,5H2. The molecule has 4 rings (SSSR count). The molecule has 0 aliphatic rings. The number of hydrogen-bond donors (Lipinski definition) is 0. The average Bonchev–Trinajstić information content (AvgIpc) is 2.78. The summed E-state index contributed by atoms with van der Waals surface area (Å²) < 4.78 is 43.2. The molecule has 0 aliphatic carbocycles. The lowest BCUT2D eigenvalue weighted by Gasteiger charge is -2.11. The number of alkyl halides is 2. The van der Waals surface area contributed by atoms with Gasteiger partial charge in [-0.1, -0.05) is 66.7 Å². The van der Waals surface area contributed by atoms with E-state index in [1.165, 1.54) is 17.7 Å². The molecular weight excluding hydrogens is 397 g/mol. The van der Waals surface area contributed by atoms with Crippen LogP contribution in [0.4, 0.5) is 13.2 Å². The Labute approximate surface area is 179 Å². The Kier molecular flexibility index (Phi) is 6.08. The minimum absolute atomic E-state index is 0.460. The molecule has 4 heteroatoms. The summed E-state index contributed by atoms with van der Waals surface area (Å²) in [7, 11) is 0. The van der Waals surface area contributed by atoms with Crippen molar-refractivity contribution in [2.75, 3.05) is 0 Å². The third-order valence-electron chi connectivity index (χ3n) is 5.26. The second-order valence-electron chi connectivity index (χ2n) is 7.29. The van der Waals surface area contributed by atoms with Gasteiger partial charge < -0.3 is 4.74 Å². The molecule has 0 radical (unpaired) electrons. The summed E-state index contributed by atoms with van der Waals surface area (Å²) in [5.41, 5.74) is 4.91. The second-order valence-corrected chi connectivity index (χ2v) is 7.29. The van der Waals surface area contributed by atoms with Gasteiger partial charge in [-0.2, -0.15) is 8.78 Å². The summed E-state index contributed by atoms with van der Waals surface area (Å²) in [6.07, 6.45) is 3.84. The summed E-state index contributed by atoms with van der Waals surface area (Å²) in [6, 6.07) is 24.5. The van der Waals surface area contributed by atoms with Crippen molar-refractivity contribution in [1.29, 1.82) is 0 Å². The number of allylic oxidation sites excluding steroid dienone is 1. The van der Waals surface area contributed by atoms with Gasteiger partial charge in [0, 0.05) is 0 Å².